The van der Waals surface area contributed by atoms with Crippen molar-refractivity contribution in [2.75, 3.05) is 6.54 Å². The molecule has 1 fully saturated rings. The summed E-state index contributed by atoms with van der Waals surface area (Å²) in [6.45, 7) is 1.16. The number of carboxylic acid groups (broad SMARTS) is 2. The summed E-state index contributed by atoms with van der Waals surface area (Å²) >= 11 is 0. The first-order valence-electron chi connectivity index (χ1n) is 6.36. The van der Waals surface area contributed by atoms with Crippen molar-refractivity contribution < 1.29 is 29.4 Å². The molecule has 1 aromatic rings. The van der Waals surface area contributed by atoms with E-state index in [1.165, 1.54) is 6.92 Å². The lowest BCUT2D eigenvalue weighted by Crippen LogP contribution is -2.69. The highest BCUT2D eigenvalue weighted by Gasteiger charge is 2.62. The first kappa shape index (κ1) is 14.5. The normalized spacial score (nSPS) is 33.0. The Balaban J connectivity index is 2.48. The minimum Gasteiger partial charge on any atom is -0.498 e. The summed E-state index contributed by atoms with van der Waals surface area (Å²) in [5.41, 5.74) is -0.910. The van der Waals surface area contributed by atoms with E-state index in [0.29, 0.717) is 5.56 Å². The van der Waals surface area contributed by atoms with E-state index >= 15 is 0 Å². The molecule has 0 saturated carbocycles. The topological polar surface area (TPSA) is 97.7 Å². The molecule has 2 N–H and O–H groups in total. The zero-order valence-electron chi connectivity index (χ0n) is 11.2. The third-order valence-electron chi connectivity index (χ3n) is 4.21. The lowest BCUT2D eigenvalue weighted by atomic mass is 9.95. The van der Waals surface area contributed by atoms with Crippen molar-refractivity contribution in [3.05, 3.63) is 35.9 Å². The number of aliphatic hydroxyl groups excluding tert-OH is 1. The van der Waals surface area contributed by atoms with Crippen molar-refractivity contribution in [1.82, 2.24) is 0 Å². The number of amides is 1. The van der Waals surface area contributed by atoms with E-state index in [-0.39, 0.29) is 19.5 Å². The maximum atomic E-state index is 11.7. The maximum Gasteiger partial charge on any atom is 0.366 e. The lowest BCUT2D eigenvalue weighted by Gasteiger charge is -2.43. The number of benzene rings is 1. The number of aliphatic hydroxyl groups is 1. The molecule has 6 heteroatoms. The van der Waals surface area contributed by atoms with Gasteiger partial charge in [0.15, 0.2) is 0 Å². The standard InChI is InChI=1S/C14H17NO5/c1-14(12(17)18)7-11(16)9-15(14,13(19)20)8-10-5-3-2-4-6-10/h2-6,11,16H,7-9H2,1H3,(H-,17,18,19,20)/t11-,14-,15?/m1/s1. The van der Waals surface area contributed by atoms with E-state index < -0.39 is 28.2 Å². The zero-order chi connectivity index (χ0) is 15.0. The van der Waals surface area contributed by atoms with Gasteiger partial charge in [-0.2, -0.15) is 0 Å². The molecule has 2 rings (SSSR count). The summed E-state index contributed by atoms with van der Waals surface area (Å²) in [4.78, 5) is 23.2. The SMILES string of the molecule is C[C@]1(C(=O)O)C[C@@H](O)C[N+]1(Cc1ccccc1)C(=O)[O-]. The number of carbonyl (C=O) groups is 2. The van der Waals surface area contributed by atoms with Crippen LogP contribution in [0.2, 0.25) is 0 Å². The summed E-state index contributed by atoms with van der Waals surface area (Å²) in [6.07, 6.45) is -2.56. The van der Waals surface area contributed by atoms with Crippen LogP contribution in [0.15, 0.2) is 30.3 Å². The molecule has 0 radical (unpaired) electrons. The molecule has 1 amide bonds. The third kappa shape index (κ3) is 2.07. The highest BCUT2D eigenvalue weighted by molar-refractivity contribution is 5.79. The van der Waals surface area contributed by atoms with Gasteiger partial charge < -0.3 is 20.1 Å². The van der Waals surface area contributed by atoms with Crippen molar-refractivity contribution >= 4 is 12.1 Å². The molecule has 0 spiro atoms. The number of nitrogens with zero attached hydrogens (tertiary/aromatic N) is 1. The Kier molecular flexibility index (Phi) is 3.54. The fraction of sp³-hybridized carbons (Fsp3) is 0.429. The quantitative estimate of drug-likeness (QED) is 0.756. The van der Waals surface area contributed by atoms with Gasteiger partial charge in [0.2, 0.25) is 5.54 Å². The number of carboxylic acids is 1. The molecule has 20 heavy (non-hydrogen) atoms. The molecule has 1 heterocycles. The average molecular weight is 279 g/mol. The summed E-state index contributed by atoms with van der Waals surface area (Å²) in [5.74, 6) is -1.24. The average Bonchev–Trinajstić information content (AvgIpc) is 2.64. The Morgan fingerprint density at radius 1 is 1.40 bits per heavy atom. The van der Waals surface area contributed by atoms with Crippen LogP contribution in [0.3, 0.4) is 0 Å². The van der Waals surface area contributed by atoms with Gasteiger partial charge in [-0.15, -0.1) is 0 Å². The number of quaternary nitrogens is 1. The van der Waals surface area contributed by atoms with Crippen LogP contribution in [0.25, 0.3) is 0 Å². The Morgan fingerprint density at radius 2 is 2.00 bits per heavy atom. The molecule has 108 valence electrons. The van der Waals surface area contributed by atoms with Gasteiger partial charge in [-0.1, -0.05) is 30.3 Å². The van der Waals surface area contributed by atoms with Crippen molar-refractivity contribution in [3.63, 3.8) is 0 Å². The first-order valence-corrected chi connectivity index (χ1v) is 6.36. The summed E-state index contributed by atoms with van der Waals surface area (Å²) in [6, 6.07) is 8.77. The number of hydrogen-bond donors (Lipinski definition) is 2. The van der Waals surface area contributed by atoms with Crippen LogP contribution in [-0.4, -0.2) is 44.9 Å². The second-order valence-corrected chi connectivity index (χ2v) is 5.50. The van der Waals surface area contributed by atoms with Gasteiger partial charge >= 0.3 is 5.97 Å². The number of likely N-dealkylation sites (tertiary alicyclic amines) is 1. The van der Waals surface area contributed by atoms with Crippen LogP contribution < -0.4 is 5.11 Å². The number of carbonyl (C=O) groups excluding carboxylic acids is 1. The van der Waals surface area contributed by atoms with Crippen LogP contribution in [0.4, 0.5) is 4.79 Å². The van der Waals surface area contributed by atoms with E-state index in [9.17, 15) is 24.9 Å². The van der Waals surface area contributed by atoms with Gasteiger partial charge in [-0.3, -0.25) is 4.48 Å². The van der Waals surface area contributed by atoms with Crippen LogP contribution in [-0.2, 0) is 11.3 Å². The van der Waals surface area contributed by atoms with E-state index in [4.69, 9.17) is 0 Å². The second-order valence-electron chi connectivity index (χ2n) is 5.50. The second kappa shape index (κ2) is 4.88. The van der Waals surface area contributed by atoms with Gasteiger partial charge in [0.1, 0.15) is 19.2 Å². The van der Waals surface area contributed by atoms with Gasteiger partial charge in [0.05, 0.1) is 0 Å². The Hall–Kier alpha value is -1.92. The maximum absolute atomic E-state index is 11.7. The molecular weight excluding hydrogens is 262 g/mol. The van der Waals surface area contributed by atoms with Gasteiger partial charge in [-0.25, -0.2) is 4.79 Å². The van der Waals surface area contributed by atoms with Crippen LogP contribution in [0.5, 0.6) is 0 Å². The van der Waals surface area contributed by atoms with Crippen molar-refractivity contribution in [1.29, 1.82) is 0 Å². The smallest absolute Gasteiger partial charge is 0.366 e. The Bertz CT molecular complexity index is 532. The van der Waals surface area contributed by atoms with Crippen LogP contribution in [0.1, 0.15) is 18.9 Å². The molecule has 0 aromatic heterocycles. The minimum atomic E-state index is -1.60. The number of rotatable bonds is 3. The highest BCUT2D eigenvalue weighted by Crippen LogP contribution is 2.39. The monoisotopic (exact) mass is 279 g/mol. The predicted molar refractivity (Wildman–Crippen MR) is 67.3 cm³/mol. The molecule has 1 unspecified atom stereocenters. The number of aliphatic carboxylic acids is 1. The number of hydrogen-bond acceptors (Lipinski definition) is 4. The van der Waals surface area contributed by atoms with Crippen LogP contribution in [0, 0.1) is 0 Å². The molecule has 6 nitrogen and oxygen atoms in total. The van der Waals surface area contributed by atoms with Crippen LogP contribution >= 0.6 is 0 Å². The fourth-order valence-electron chi connectivity index (χ4n) is 3.00. The van der Waals surface area contributed by atoms with Crippen molar-refractivity contribution in [2.45, 2.75) is 31.5 Å². The largest absolute Gasteiger partial charge is 0.498 e. The molecule has 1 aromatic carbocycles. The predicted octanol–water partition coefficient (Wildman–Crippen LogP) is -0.0454. The Labute approximate surface area is 116 Å². The van der Waals surface area contributed by atoms with Gasteiger partial charge in [-0.05, 0) is 0 Å². The Morgan fingerprint density at radius 3 is 2.50 bits per heavy atom. The third-order valence-corrected chi connectivity index (χ3v) is 4.21. The highest BCUT2D eigenvalue weighted by atomic mass is 16.4. The van der Waals surface area contributed by atoms with E-state index in [1.54, 1.807) is 30.3 Å². The first-order chi connectivity index (χ1) is 9.32. The van der Waals surface area contributed by atoms with Gasteiger partial charge in [0.25, 0.3) is 6.09 Å². The molecule has 0 bridgehead atoms. The minimum absolute atomic E-state index is 0.0248. The molecule has 1 saturated heterocycles. The molecule has 3 atom stereocenters. The van der Waals surface area contributed by atoms with E-state index in [1.807, 2.05) is 0 Å². The zero-order valence-corrected chi connectivity index (χ0v) is 11.2. The van der Waals surface area contributed by atoms with E-state index in [2.05, 4.69) is 0 Å². The molecule has 1 aliphatic rings. The molecular formula is C14H17NO5. The van der Waals surface area contributed by atoms with E-state index in [0.717, 1.165) is 0 Å². The van der Waals surface area contributed by atoms with Gasteiger partial charge in [0, 0.05) is 18.9 Å². The molecule has 0 aliphatic carbocycles. The lowest BCUT2D eigenvalue weighted by molar-refractivity contribution is -0.915. The van der Waals surface area contributed by atoms with Crippen molar-refractivity contribution in [2.24, 2.45) is 0 Å². The summed E-state index contributed by atoms with van der Waals surface area (Å²) in [7, 11) is 0. The van der Waals surface area contributed by atoms with Crippen molar-refractivity contribution in [3.8, 4) is 0 Å². The molecule has 1 aliphatic heterocycles. The summed E-state index contributed by atoms with van der Waals surface area (Å²) < 4.78 is -0.798. The fourth-order valence-corrected chi connectivity index (χ4v) is 3.00. The summed E-state index contributed by atoms with van der Waals surface area (Å²) in [5, 5.41) is 30.9.